The van der Waals surface area contributed by atoms with Gasteiger partial charge in [-0.25, -0.2) is 0 Å². The molecule has 2 heterocycles. The van der Waals surface area contributed by atoms with E-state index in [9.17, 15) is 14.9 Å². The molecule has 90 valence electrons. The lowest BCUT2D eigenvalue weighted by atomic mass is 10.1. The molecule has 2 rings (SSSR count). The minimum atomic E-state index is -0.585. The smallest absolute Gasteiger partial charge is 0.358 e. The predicted octanol–water partition coefficient (Wildman–Crippen LogP) is 0.301. The maximum atomic E-state index is 11.7. The van der Waals surface area contributed by atoms with Gasteiger partial charge in [0.25, 0.3) is 0 Å². The van der Waals surface area contributed by atoms with Crippen LogP contribution in [-0.2, 0) is 4.79 Å². The average molecular weight is 236 g/mol. The number of aromatic nitrogens is 1. The van der Waals surface area contributed by atoms with Gasteiger partial charge in [0, 0.05) is 13.0 Å². The number of carbonyl (C=O) groups excluding carboxylic acids is 1. The zero-order valence-corrected chi connectivity index (χ0v) is 9.07. The number of hydrogen-bond donors (Lipinski definition) is 1. The van der Waals surface area contributed by atoms with Crippen molar-refractivity contribution in [1.29, 1.82) is 0 Å². The van der Waals surface area contributed by atoms with Crippen LogP contribution in [0.15, 0.2) is 18.3 Å². The van der Waals surface area contributed by atoms with Crippen molar-refractivity contribution in [3.8, 4) is 0 Å². The molecule has 1 atom stereocenters. The Morgan fingerprint density at radius 3 is 3.00 bits per heavy atom. The van der Waals surface area contributed by atoms with Gasteiger partial charge >= 0.3 is 5.82 Å². The number of rotatable bonds is 3. The molecular formula is C10H12N4O3. The van der Waals surface area contributed by atoms with E-state index in [1.807, 2.05) is 0 Å². The monoisotopic (exact) mass is 236 g/mol. The first-order valence-electron chi connectivity index (χ1n) is 5.23. The highest BCUT2D eigenvalue weighted by Gasteiger charge is 2.33. The Labute approximate surface area is 97.4 Å². The fourth-order valence-corrected chi connectivity index (χ4v) is 1.91. The summed E-state index contributed by atoms with van der Waals surface area (Å²) in [7, 11) is 0. The molecule has 0 aliphatic carbocycles. The Morgan fingerprint density at radius 2 is 2.41 bits per heavy atom. The van der Waals surface area contributed by atoms with Crippen LogP contribution in [0.4, 0.5) is 11.5 Å². The van der Waals surface area contributed by atoms with Gasteiger partial charge in [-0.1, -0.05) is 0 Å². The second-order valence-electron chi connectivity index (χ2n) is 3.91. The number of carbonyl (C=O) groups is 1. The number of nitrogens with two attached hydrogens (primary N) is 1. The summed E-state index contributed by atoms with van der Waals surface area (Å²) in [6.07, 6.45) is 1.67. The summed E-state index contributed by atoms with van der Waals surface area (Å²) >= 11 is 0. The van der Waals surface area contributed by atoms with E-state index in [2.05, 4.69) is 4.98 Å². The molecule has 0 saturated carbocycles. The van der Waals surface area contributed by atoms with Gasteiger partial charge in [-0.2, -0.15) is 0 Å². The van der Waals surface area contributed by atoms with Crippen molar-refractivity contribution in [1.82, 2.24) is 4.98 Å². The molecule has 1 aromatic heterocycles. The highest BCUT2D eigenvalue weighted by molar-refractivity contribution is 5.97. The van der Waals surface area contributed by atoms with Crippen molar-refractivity contribution in [2.24, 2.45) is 11.7 Å². The highest BCUT2D eigenvalue weighted by Crippen LogP contribution is 2.30. The van der Waals surface area contributed by atoms with Gasteiger partial charge in [0.05, 0.1) is 0 Å². The molecule has 1 amide bonds. The number of pyridine rings is 1. The summed E-state index contributed by atoms with van der Waals surface area (Å²) in [4.78, 5) is 27.0. The molecule has 0 bridgehead atoms. The molecule has 7 nitrogen and oxygen atoms in total. The van der Waals surface area contributed by atoms with Crippen LogP contribution in [0.1, 0.15) is 6.42 Å². The zero-order valence-electron chi connectivity index (χ0n) is 9.07. The van der Waals surface area contributed by atoms with Gasteiger partial charge in [-0.05, 0) is 34.5 Å². The molecule has 0 radical (unpaired) electrons. The average Bonchev–Trinajstić information content (AvgIpc) is 2.70. The fraction of sp³-hybridized carbons (Fsp3) is 0.400. The first kappa shape index (κ1) is 11.5. The van der Waals surface area contributed by atoms with Crippen LogP contribution in [0.5, 0.6) is 0 Å². The minimum absolute atomic E-state index is 0.0577. The van der Waals surface area contributed by atoms with E-state index in [1.54, 1.807) is 6.07 Å². The van der Waals surface area contributed by atoms with E-state index in [4.69, 9.17) is 5.73 Å². The Balaban J connectivity index is 2.35. The highest BCUT2D eigenvalue weighted by atomic mass is 16.6. The topological polar surface area (TPSA) is 102 Å². The zero-order chi connectivity index (χ0) is 12.4. The third-order valence-electron chi connectivity index (χ3n) is 2.77. The molecule has 1 aromatic rings. The van der Waals surface area contributed by atoms with Crippen LogP contribution in [-0.4, -0.2) is 28.9 Å². The third-order valence-corrected chi connectivity index (χ3v) is 2.77. The van der Waals surface area contributed by atoms with Crippen LogP contribution >= 0.6 is 0 Å². The van der Waals surface area contributed by atoms with Gasteiger partial charge in [0.2, 0.25) is 5.91 Å². The van der Waals surface area contributed by atoms with Gasteiger partial charge in [-0.3, -0.25) is 4.79 Å². The fourth-order valence-electron chi connectivity index (χ4n) is 1.91. The van der Waals surface area contributed by atoms with E-state index in [0.717, 1.165) is 0 Å². The second kappa shape index (κ2) is 4.46. The van der Waals surface area contributed by atoms with Crippen molar-refractivity contribution < 1.29 is 9.72 Å². The molecular weight excluding hydrogens is 224 g/mol. The minimum Gasteiger partial charge on any atom is -0.358 e. The molecule has 17 heavy (non-hydrogen) atoms. The molecule has 1 unspecified atom stereocenters. The first-order chi connectivity index (χ1) is 8.13. The summed E-state index contributed by atoms with van der Waals surface area (Å²) < 4.78 is 0. The molecule has 1 aliphatic heterocycles. The van der Waals surface area contributed by atoms with Gasteiger partial charge in [-0.15, -0.1) is 0 Å². The van der Waals surface area contributed by atoms with Gasteiger partial charge in [0.1, 0.15) is 11.9 Å². The van der Waals surface area contributed by atoms with Crippen molar-refractivity contribution in [2.75, 3.05) is 18.0 Å². The Bertz CT molecular complexity index is 463. The van der Waals surface area contributed by atoms with E-state index in [-0.39, 0.29) is 23.3 Å². The lowest BCUT2D eigenvalue weighted by molar-refractivity contribution is -0.388. The largest absolute Gasteiger partial charge is 0.387 e. The Hall–Kier alpha value is -2.02. The maximum Gasteiger partial charge on any atom is 0.387 e. The summed E-state index contributed by atoms with van der Waals surface area (Å²) in [6, 6.07) is 3.10. The SMILES string of the molecule is NCC1CC(=O)N(c2cccnc2[N+](=O)[O-])C1. The summed E-state index contributed by atoms with van der Waals surface area (Å²) in [5.41, 5.74) is 5.75. The van der Waals surface area contributed by atoms with Crippen LogP contribution in [0.3, 0.4) is 0 Å². The van der Waals surface area contributed by atoms with Gasteiger partial charge in [0.15, 0.2) is 0 Å². The molecule has 7 heteroatoms. The lowest BCUT2D eigenvalue weighted by Gasteiger charge is -2.15. The van der Waals surface area contributed by atoms with Crippen LogP contribution in [0.25, 0.3) is 0 Å². The summed E-state index contributed by atoms with van der Waals surface area (Å²) in [5, 5.41) is 10.8. The van der Waals surface area contributed by atoms with E-state index in [1.165, 1.54) is 17.2 Å². The number of hydrogen-bond acceptors (Lipinski definition) is 5. The predicted molar refractivity (Wildman–Crippen MR) is 60.4 cm³/mol. The van der Waals surface area contributed by atoms with Crippen molar-refractivity contribution >= 4 is 17.4 Å². The molecule has 0 spiro atoms. The van der Waals surface area contributed by atoms with E-state index in [0.29, 0.717) is 19.5 Å². The van der Waals surface area contributed by atoms with Crippen LogP contribution in [0, 0.1) is 16.0 Å². The molecule has 1 aliphatic rings. The molecule has 2 N–H and O–H groups in total. The van der Waals surface area contributed by atoms with Crippen LogP contribution < -0.4 is 10.6 Å². The molecule has 1 saturated heterocycles. The van der Waals surface area contributed by atoms with Crippen molar-refractivity contribution in [3.05, 3.63) is 28.4 Å². The maximum absolute atomic E-state index is 11.7. The van der Waals surface area contributed by atoms with E-state index < -0.39 is 4.92 Å². The number of nitro groups is 1. The Kier molecular flexibility index (Phi) is 3.01. The normalized spacial score (nSPS) is 19.7. The van der Waals surface area contributed by atoms with Crippen molar-refractivity contribution in [3.63, 3.8) is 0 Å². The third kappa shape index (κ3) is 2.09. The lowest BCUT2D eigenvalue weighted by Crippen LogP contribution is -2.26. The van der Waals surface area contributed by atoms with Crippen LogP contribution in [0.2, 0.25) is 0 Å². The second-order valence-corrected chi connectivity index (χ2v) is 3.91. The molecule has 0 aromatic carbocycles. The number of amides is 1. The first-order valence-corrected chi connectivity index (χ1v) is 5.23. The number of anilines is 1. The Morgan fingerprint density at radius 1 is 1.65 bits per heavy atom. The van der Waals surface area contributed by atoms with Crippen molar-refractivity contribution in [2.45, 2.75) is 6.42 Å². The summed E-state index contributed by atoms with van der Waals surface area (Å²) in [5.74, 6) is -0.377. The molecule has 1 fully saturated rings. The quantitative estimate of drug-likeness (QED) is 0.600. The van der Waals surface area contributed by atoms with Gasteiger partial charge < -0.3 is 20.7 Å². The number of nitrogens with zero attached hydrogens (tertiary/aromatic N) is 3. The van der Waals surface area contributed by atoms with E-state index >= 15 is 0 Å². The standard InChI is InChI=1S/C10H12N4O3/c11-5-7-4-9(15)13(6-7)8-2-1-3-12-10(8)14(16)17/h1-3,7H,4-6,11H2. The summed E-state index contributed by atoms with van der Waals surface area (Å²) in [6.45, 7) is 0.818.